The Kier molecular flexibility index (Phi) is 6.66. The monoisotopic (exact) mass is 424 g/mol. The fraction of sp³-hybridized carbons (Fsp3) is 0.480. The Morgan fingerprint density at radius 2 is 1.81 bits per heavy atom. The third-order valence-corrected chi connectivity index (χ3v) is 6.71. The molecular formula is C25H32N2O4. The third-order valence-electron chi connectivity index (χ3n) is 6.71. The van der Waals surface area contributed by atoms with E-state index in [0.29, 0.717) is 19.3 Å². The summed E-state index contributed by atoms with van der Waals surface area (Å²) in [4.78, 5) is 8.05. The quantitative estimate of drug-likeness (QED) is 0.468. The van der Waals surface area contributed by atoms with Crippen molar-refractivity contribution in [2.75, 3.05) is 41.0 Å². The summed E-state index contributed by atoms with van der Waals surface area (Å²) >= 11 is 0. The summed E-state index contributed by atoms with van der Waals surface area (Å²) in [6.45, 7) is 2.01. The SMILES string of the molecule is COc1ccc([C@@]23CCC(=NOCCOc4ccccc4)C[C@@H]2N(C)CC3)cc1OC. The lowest BCUT2D eigenvalue weighted by molar-refractivity contribution is 0.104. The van der Waals surface area contributed by atoms with Crippen LogP contribution in [0.1, 0.15) is 31.2 Å². The number of nitrogens with zero attached hydrogens (tertiary/aromatic N) is 2. The summed E-state index contributed by atoms with van der Waals surface area (Å²) < 4.78 is 16.7. The van der Waals surface area contributed by atoms with Gasteiger partial charge in [0.1, 0.15) is 12.4 Å². The molecule has 1 heterocycles. The van der Waals surface area contributed by atoms with E-state index >= 15 is 0 Å². The highest BCUT2D eigenvalue weighted by Crippen LogP contribution is 2.49. The van der Waals surface area contributed by atoms with Gasteiger partial charge >= 0.3 is 0 Å². The first-order valence-electron chi connectivity index (χ1n) is 10.9. The molecule has 2 aromatic carbocycles. The van der Waals surface area contributed by atoms with Crippen LogP contribution in [-0.2, 0) is 10.3 Å². The third kappa shape index (κ3) is 4.49. The molecule has 0 bridgehead atoms. The molecule has 166 valence electrons. The van der Waals surface area contributed by atoms with E-state index in [2.05, 4.69) is 29.2 Å². The molecule has 2 aliphatic rings. The topological polar surface area (TPSA) is 52.5 Å². The van der Waals surface area contributed by atoms with Crippen molar-refractivity contribution in [2.45, 2.75) is 37.1 Å². The van der Waals surface area contributed by atoms with Gasteiger partial charge in [-0.15, -0.1) is 0 Å². The maximum absolute atomic E-state index is 5.67. The van der Waals surface area contributed by atoms with Crippen LogP contribution in [0.4, 0.5) is 0 Å². The van der Waals surface area contributed by atoms with Gasteiger partial charge in [-0.1, -0.05) is 29.4 Å². The average molecular weight is 425 g/mol. The number of para-hydroxylation sites is 1. The van der Waals surface area contributed by atoms with Crippen LogP contribution < -0.4 is 14.2 Å². The molecule has 1 saturated heterocycles. The highest BCUT2D eigenvalue weighted by atomic mass is 16.6. The van der Waals surface area contributed by atoms with Gasteiger partial charge in [-0.3, -0.25) is 0 Å². The lowest BCUT2D eigenvalue weighted by Gasteiger charge is -2.42. The number of hydrogen-bond donors (Lipinski definition) is 0. The summed E-state index contributed by atoms with van der Waals surface area (Å²) in [6, 6.07) is 16.6. The fourth-order valence-electron chi connectivity index (χ4n) is 5.02. The van der Waals surface area contributed by atoms with Crippen LogP contribution in [-0.4, -0.2) is 57.7 Å². The zero-order valence-corrected chi connectivity index (χ0v) is 18.7. The molecular weight excluding hydrogens is 392 g/mol. The number of hydrogen-bond acceptors (Lipinski definition) is 6. The smallest absolute Gasteiger partial charge is 0.161 e. The Labute approximate surface area is 184 Å². The van der Waals surface area contributed by atoms with E-state index in [-0.39, 0.29) is 5.41 Å². The molecule has 0 aromatic heterocycles. The Morgan fingerprint density at radius 1 is 1.00 bits per heavy atom. The van der Waals surface area contributed by atoms with Gasteiger partial charge in [0, 0.05) is 17.9 Å². The van der Waals surface area contributed by atoms with Crippen molar-refractivity contribution in [3.8, 4) is 17.2 Å². The minimum absolute atomic E-state index is 0.115. The number of rotatable bonds is 8. The molecule has 2 atom stereocenters. The van der Waals surface area contributed by atoms with Crippen LogP contribution in [0, 0.1) is 0 Å². The van der Waals surface area contributed by atoms with Gasteiger partial charge in [-0.05, 0) is 62.7 Å². The highest BCUT2D eigenvalue weighted by Gasteiger charge is 2.50. The molecule has 0 N–H and O–H groups in total. The standard InChI is InChI=1S/C25H32N2O4/c1-27-14-13-25(19-9-10-22(28-2)23(17-19)29-3)12-11-20(18-24(25)27)26-31-16-15-30-21-7-5-4-6-8-21/h4-10,17,24H,11-16,18H2,1-3H3/t24-,25-/m0/s1. The molecule has 2 fully saturated rings. The molecule has 0 spiro atoms. The molecule has 0 amide bonds. The Bertz CT molecular complexity index is 902. The summed E-state index contributed by atoms with van der Waals surface area (Å²) in [5.74, 6) is 2.42. The second-order valence-corrected chi connectivity index (χ2v) is 8.33. The first-order valence-corrected chi connectivity index (χ1v) is 10.9. The Morgan fingerprint density at radius 3 is 2.58 bits per heavy atom. The summed E-state index contributed by atoms with van der Waals surface area (Å²) in [5.41, 5.74) is 2.58. The number of oxime groups is 1. The number of fused-ring (bicyclic) bond motifs is 1. The summed E-state index contributed by atoms with van der Waals surface area (Å²) in [6.07, 6.45) is 4.06. The van der Waals surface area contributed by atoms with Crippen LogP contribution in [0.15, 0.2) is 53.7 Å². The molecule has 1 saturated carbocycles. The van der Waals surface area contributed by atoms with E-state index in [4.69, 9.17) is 19.0 Å². The van der Waals surface area contributed by atoms with Crippen molar-refractivity contribution in [3.63, 3.8) is 0 Å². The first-order chi connectivity index (χ1) is 15.2. The maximum atomic E-state index is 5.67. The zero-order valence-electron chi connectivity index (χ0n) is 18.7. The maximum Gasteiger partial charge on any atom is 0.161 e. The molecule has 31 heavy (non-hydrogen) atoms. The molecule has 0 unspecified atom stereocenters. The van der Waals surface area contributed by atoms with Crippen LogP contribution >= 0.6 is 0 Å². The molecule has 4 rings (SSSR count). The van der Waals surface area contributed by atoms with E-state index in [0.717, 1.165) is 55.2 Å². The minimum Gasteiger partial charge on any atom is -0.493 e. The lowest BCUT2D eigenvalue weighted by atomic mass is 9.65. The normalized spacial score (nSPS) is 24.6. The van der Waals surface area contributed by atoms with Gasteiger partial charge in [0.25, 0.3) is 0 Å². The summed E-state index contributed by atoms with van der Waals surface area (Å²) in [5, 5.41) is 4.46. The highest BCUT2D eigenvalue weighted by molar-refractivity contribution is 5.86. The van der Waals surface area contributed by atoms with Crippen molar-refractivity contribution in [3.05, 3.63) is 54.1 Å². The van der Waals surface area contributed by atoms with Crippen LogP contribution in [0.25, 0.3) is 0 Å². The zero-order chi connectivity index (χ0) is 21.7. The second kappa shape index (κ2) is 9.60. The predicted octanol–water partition coefficient (Wildman–Crippen LogP) is 4.28. The predicted molar refractivity (Wildman–Crippen MR) is 121 cm³/mol. The van der Waals surface area contributed by atoms with Gasteiger partial charge in [0.15, 0.2) is 18.1 Å². The molecule has 0 radical (unpaired) electrons. The van der Waals surface area contributed by atoms with Gasteiger partial charge in [0.2, 0.25) is 0 Å². The average Bonchev–Trinajstić information content (AvgIpc) is 3.16. The summed E-state index contributed by atoms with van der Waals surface area (Å²) in [7, 11) is 5.59. The molecule has 6 nitrogen and oxygen atoms in total. The van der Waals surface area contributed by atoms with E-state index in [1.807, 2.05) is 36.4 Å². The van der Waals surface area contributed by atoms with Gasteiger partial charge in [-0.2, -0.15) is 0 Å². The Balaban J connectivity index is 1.40. The van der Waals surface area contributed by atoms with E-state index in [9.17, 15) is 0 Å². The number of likely N-dealkylation sites (tertiary alicyclic amines) is 1. The van der Waals surface area contributed by atoms with Crippen molar-refractivity contribution in [2.24, 2.45) is 5.16 Å². The fourth-order valence-corrected chi connectivity index (χ4v) is 5.02. The number of likely N-dealkylation sites (N-methyl/N-ethyl adjacent to an activating group) is 1. The largest absolute Gasteiger partial charge is 0.493 e. The van der Waals surface area contributed by atoms with Gasteiger partial charge in [-0.25, -0.2) is 0 Å². The van der Waals surface area contributed by atoms with Crippen LogP contribution in [0.2, 0.25) is 0 Å². The molecule has 1 aliphatic heterocycles. The molecule has 1 aliphatic carbocycles. The first kappa shape index (κ1) is 21.5. The Hall–Kier alpha value is -2.73. The van der Waals surface area contributed by atoms with E-state index in [1.54, 1.807) is 14.2 Å². The van der Waals surface area contributed by atoms with Crippen molar-refractivity contribution in [1.29, 1.82) is 0 Å². The minimum atomic E-state index is 0.115. The van der Waals surface area contributed by atoms with Crippen molar-refractivity contribution < 1.29 is 19.0 Å². The molecule has 2 aromatic rings. The van der Waals surface area contributed by atoms with E-state index < -0.39 is 0 Å². The van der Waals surface area contributed by atoms with E-state index in [1.165, 1.54) is 5.56 Å². The van der Waals surface area contributed by atoms with Gasteiger partial charge < -0.3 is 23.9 Å². The van der Waals surface area contributed by atoms with Crippen LogP contribution in [0.5, 0.6) is 17.2 Å². The molecule has 6 heteroatoms. The van der Waals surface area contributed by atoms with Crippen LogP contribution in [0.3, 0.4) is 0 Å². The number of benzene rings is 2. The second-order valence-electron chi connectivity index (χ2n) is 8.33. The van der Waals surface area contributed by atoms with Gasteiger partial charge in [0.05, 0.1) is 19.9 Å². The number of ether oxygens (including phenoxy) is 3. The number of methoxy groups -OCH3 is 2. The lowest BCUT2D eigenvalue weighted by Crippen LogP contribution is -2.46. The van der Waals surface area contributed by atoms with Crippen molar-refractivity contribution in [1.82, 2.24) is 4.90 Å². The van der Waals surface area contributed by atoms with Crippen molar-refractivity contribution >= 4 is 5.71 Å².